The van der Waals surface area contributed by atoms with E-state index in [1.807, 2.05) is 71.6 Å². The Morgan fingerprint density at radius 3 is 2.16 bits per heavy atom. The third-order valence-corrected chi connectivity index (χ3v) is 11.9. The van der Waals surface area contributed by atoms with Crippen molar-refractivity contribution < 1.29 is 31.8 Å². The summed E-state index contributed by atoms with van der Waals surface area (Å²) >= 11 is 6.98. The van der Waals surface area contributed by atoms with Crippen LogP contribution in [0.1, 0.15) is 59.6 Å². The Morgan fingerprint density at radius 1 is 0.869 bits per heavy atom. The topological polar surface area (TPSA) is 76.1 Å². The quantitative estimate of drug-likeness (QED) is 0.118. The van der Waals surface area contributed by atoms with Crippen LogP contribution in [0.15, 0.2) is 78.9 Å². The number of piperidine rings is 1. The maximum absolute atomic E-state index is 17.7. The number of rotatable bonds is 11. The van der Waals surface area contributed by atoms with Gasteiger partial charge in [0.1, 0.15) is 34.4 Å². The molecule has 0 aliphatic carbocycles. The van der Waals surface area contributed by atoms with E-state index in [4.69, 9.17) is 30.8 Å². The molecule has 318 valence electrons. The van der Waals surface area contributed by atoms with Crippen LogP contribution in [0.2, 0.25) is 5.02 Å². The molecule has 0 bridgehead atoms. The minimum Gasteiger partial charge on any atom is -0.497 e. The lowest BCUT2D eigenvalue weighted by Gasteiger charge is -2.35. The highest BCUT2D eigenvalue weighted by Crippen LogP contribution is 2.46. The number of hydrogen-bond donors (Lipinski definition) is 0. The SMILES string of the molecule is COc1ccc(CN(Cc2ccc(OC)cc2)c2cc(C)c(C(F)(F)F)c(-c3c(Cl)cc4c(N5CCCC[C@@H]5C)nc(Oc5cccc6c5CCN(C)C6)nc4c3F)n2)cc1. The third kappa shape index (κ3) is 8.76. The van der Waals surface area contributed by atoms with Crippen molar-refractivity contribution in [2.75, 3.05) is 44.2 Å². The van der Waals surface area contributed by atoms with Crippen molar-refractivity contribution in [1.29, 1.82) is 0 Å². The fourth-order valence-corrected chi connectivity index (χ4v) is 8.72. The van der Waals surface area contributed by atoms with Crippen LogP contribution in [0.5, 0.6) is 23.3 Å². The number of pyridine rings is 1. The summed E-state index contributed by atoms with van der Waals surface area (Å²) in [4.78, 5) is 20.3. The first-order valence-electron chi connectivity index (χ1n) is 20.3. The zero-order chi connectivity index (χ0) is 43.0. The standard InChI is InChI=1S/C47H47ClF4N6O3/c1-28-23-39(57(25-30-12-16-33(59-4)17-13-30)26-31-14-18-34(60-5)19-15-31)53-44(41(28)47(50,51)52)40-37(48)24-36-43(42(40)49)54-46(55-45(36)58-21-7-6-9-29(58)2)61-38-11-8-10-32-27-56(3)22-20-35(32)38/h8,10-19,23-24,29H,6-7,9,20-22,25-27H2,1-5H3/t29-/m0/s1. The summed E-state index contributed by atoms with van der Waals surface area (Å²) in [6.45, 7) is 6.14. The highest BCUT2D eigenvalue weighted by atomic mass is 35.5. The number of aryl methyl sites for hydroxylation is 1. The molecule has 2 aliphatic heterocycles. The second-order valence-electron chi connectivity index (χ2n) is 15.9. The van der Waals surface area contributed by atoms with Gasteiger partial charge in [-0.05, 0) is 111 Å². The van der Waals surface area contributed by atoms with Gasteiger partial charge in [-0.25, -0.2) is 9.37 Å². The lowest BCUT2D eigenvalue weighted by Crippen LogP contribution is -2.38. The molecule has 4 heterocycles. The number of likely N-dealkylation sites (N-methyl/N-ethyl adjacent to an activating group) is 1. The molecule has 1 fully saturated rings. The van der Waals surface area contributed by atoms with Crippen LogP contribution in [0, 0.1) is 12.7 Å². The van der Waals surface area contributed by atoms with Crippen LogP contribution < -0.4 is 24.0 Å². The first-order chi connectivity index (χ1) is 29.3. The molecule has 0 radical (unpaired) electrons. The molecule has 61 heavy (non-hydrogen) atoms. The summed E-state index contributed by atoms with van der Waals surface area (Å²) in [5.41, 5.74) is 1.20. The predicted octanol–water partition coefficient (Wildman–Crippen LogP) is 11.2. The van der Waals surface area contributed by atoms with E-state index in [9.17, 15) is 0 Å². The molecule has 8 rings (SSSR count). The molecule has 0 unspecified atom stereocenters. The van der Waals surface area contributed by atoms with Gasteiger partial charge in [0.15, 0.2) is 5.82 Å². The largest absolute Gasteiger partial charge is 0.497 e. The van der Waals surface area contributed by atoms with Gasteiger partial charge in [0.05, 0.1) is 36.1 Å². The van der Waals surface area contributed by atoms with Gasteiger partial charge < -0.3 is 28.9 Å². The van der Waals surface area contributed by atoms with Gasteiger partial charge in [-0.2, -0.15) is 23.1 Å². The summed E-state index contributed by atoms with van der Waals surface area (Å²) in [7, 11) is 5.19. The maximum atomic E-state index is 17.7. The molecule has 1 saturated heterocycles. The molecule has 1 atom stereocenters. The van der Waals surface area contributed by atoms with Crippen LogP contribution in [0.25, 0.3) is 22.2 Å². The summed E-state index contributed by atoms with van der Waals surface area (Å²) in [5, 5.41) is 0.0203. The van der Waals surface area contributed by atoms with E-state index in [0.29, 0.717) is 29.6 Å². The summed E-state index contributed by atoms with van der Waals surface area (Å²) < 4.78 is 80.6. The van der Waals surface area contributed by atoms with Crippen molar-refractivity contribution in [2.24, 2.45) is 0 Å². The lowest BCUT2D eigenvalue weighted by atomic mass is 9.98. The van der Waals surface area contributed by atoms with E-state index in [2.05, 4.69) is 33.7 Å². The third-order valence-electron chi connectivity index (χ3n) is 11.6. The number of anilines is 2. The molecule has 0 N–H and O–H groups in total. The monoisotopic (exact) mass is 854 g/mol. The van der Waals surface area contributed by atoms with Crippen LogP contribution in [-0.2, 0) is 32.2 Å². The molecule has 9 nitrogen and oxygen atoms in total. The molecule has 2 aromatic heterocycles. The van der Waals surface area contributed by atoms with Gasteiger partial charge in [-0.1, -0.05) is 48.0 Å². The van der Waals surface area contributed by atoms with Crippen molar-refractivity contribution >= 4 is 34.1 Å². The van der Waals surface area contributed by atoms with Crippen molar-refractivity contribution in [1.82, 2.24) is 19.9 Å². The minimum absolute atomic E-state index is 0.0430. The van der Waals surface area contributed by atoms with Crippen molar-refractivity contribution in [3.8, 4) is 34.5 Å². The van der Waals surface area contributed by atoms with E-state index < -0.39 is 28.8 Å². The fourth-order valence-electron chi connectivity index (χ4n) is 8.44. The summed E-state index contributed by atoms with van der Waals surface area (Å²) in [6, 6.07) is 23.3. The molecule has 14 heteroatoms. The lowest BCUT2D eigenvalue weighted by molar-refractivity contribution is -0.137. The van der Waals surface area contributed by atoms with E-state index in [1.165, 1.54) is 19.1 Å². The van der Waals surface area contributed by atoms with Gasteiger partial charge in [0.2, 0.25) is 0 Å². The number of aromatic nitrogens is 3. The van der Waals surface area contributed by atoms with Crippen LogP contribution in [0.4, 0.5) is 29.2 Å². The van der Waals surface area contributed by atoms with Gasteiger partial charge in [-0.3, -0.25) is 0 Å². The second-order valence-corrected chi connectivity index (χ2v) is 16.3. The number of nitrogens with zero attached hydrogens (tertiary/aromatic N) is 6. The number of hydrogen-bond acceptors (Lipinski definition) is 9. The van der Waals surface area contributed by atoms with Crippen LogP contribution in [0.3, 0.4) is 0 Å². The smallest absolute Gasteiger partial charge is 0.418 e. The number of halogens is 5. The zero-order valence-electron chi connectivity index (χ0n) is 34.7. The predicted molar refractivity (Wildman–Crippen MR) is 231 cm³/mol. The highest BCUT2D eigenvalue weighted by Gasteiger charge is 2.39. The maximum Gasteiger partial charge on any atom is 0.418 e. The number of ether oxygens (including phenoxy) is 3. The van der Waals surface area contributed by atoms with Crippen molar-refractivity contribution in [2.45, 2.75) is 71.4 Å². The fraction of sp³-hybridized carbons (Fsp3) is 0.340. The Morgan fingerprint density at radius 2 is 1.54 bits per heavy atom. The Hall–Kier alpha value is -5.66. The number of methoxy groups -OCH3 is 2. The van der Waals surface area contributed by atoms with Gasteiger partial charge in [0.25, 0.3) is 0 Å². The average Bonchev–Trinajstić information content (AvgIpc) is 3.23. The van der Waals surface area contributed by atoms with Crippen LogP contribution in [-0.4, -0.2) is 60.3 Å². The molecular formula is C47H47ClF4N6O3. The van der Waals surface area contributed by atoms with Gasteiger partial charge >= 0.3 is 12.2 Å². The summed E-state index contributed by atoms with van der Waals surface area (Å²) in [6.07, 6.45) is -1.40. The van der Waals surface area contributed by atoms with E-state index in [1.54, 1.807) is 14.2 Å². The van der Waals surface area contributed by atoms with Gasteiger partial charge in [0, 0.05) is 49.7 Å². The first-order valence-corrected chi connectivity index (χ1v) is 20.7. The zero-order valence-corrected chi connectivity index (χ0v) is 35.5. The number of alkyl halides is 3. The van der Waals surface area contributed by atoms with Crippen molar-refractivity contribution in [3.63, 3.8) is 0 Å². The minimum atomic E-state index is -4.92. The molecule has 4 aromatic carbocycles. The summed E-state index contributed by atoms with van der Waals surface area (Å²) in [5.74, 6) is 1.41. The van der Waals surface area contributed by atoms with E-state index in [-0.39, 0.29) is 52.4 Å². The second kappa shape index (κ2) is 17.4. The molecule has 0 spiro atoms. The molecule has 0 amide bonds. The Labute approximate surface area is 357 Å². The first kappa shape index (κ1) is 42.0. The number of fused-ring (bicyclic) bond motifs is 2. The van der Waals surface area contributed by atoms with E-state index in [0.717, 1.165) is 61.0 Å². The van der Waals surface area contributed by atoms with Crippen LogP contribution >= 0.6 is 11.6 Å². The Bertz CT molecular complexity index is 2510. The van der Waals surface area contributed by atoms with Gasteiger partial charge in [-0.15, -0.1) is 0 Å². The average molecular weight is 855 g/mol. The molecule has 0 saturated carbocycles. The molecule has 2 aliphatic rings. The molecular weight excluding hydrogens is 808 g/mol. The highest BCUT2D eigenvalue weighted by molar-refractivity contribution is 6.34. The number of benzene rings is 4. The normalized spacial score (nSPS) is 15.8. The molecule has 6 aromatic rings. The Balaban J connectivity index is 1.31. The Kier molecular flexibility index (Phi) is 12.0. The van der Waals surface area contributed by atoms with Crippen molar-refractivity contribution in [3.05, 3.63) is 123 Å². The van der Waals surface area contributed by atoms with E-state index >= 15 is 17.6 Å².